The van der Waals surface area contributed by atoms with Crippen molar-refractivity contribution in [3.8, 4) is 0 Å². The lowest BCUT2D eigenvalue weighted by atomic mass is 10.1. The van der Waals surface area contributed by atoms with Crippen LogP contribution in [0.2, 0.25) is 0 Å². The number of carbonyl (C=O) groups is 1. The Balaban J connectivity index is 1.96. The van der Waals surface area contributed by atoms with E-state index in [1.807, 2.05) is 30.3 Å². The first-order valence-electron chi connectivity index (χ1n) is 10.2. The molecule has 0 aliphatic carbocycles. The van der Waals surface area contributed by atoms with Crippen LogP contribution < -0.4 is 0 Å². The van der Waals surface area contributed by atoms with Gasteiger partial charge in [0.15, 0.2) is 0 Å². The molecule has 0 atom stereocenters. The van der Waals surface area contributed by atoms with E-state index in [1.54, 1.807) is 32.4 Å². The molecule has 8 heteroatoms. The van der Waals surface area contributed by atoms with E-state index in [0.717, 1.165) is 17.5 Å². The van der Waals surface area contributed by atoms with Gasteiger partial charge in [0.25, 0.3) is 0 Å². The number of aryl methyl sites for hydroxylation is 2. The molecule has 0 saturated heterocycles. The van der Waals surface area contributed by atoms with Crippen LogP contribution in [0.15, 0.2) is 66.0 Å². The van der Waals surface area contributed by atoms with Gasteiger partial charge in [-0.1, -0.05) is 37.3 Å². The number of nitrogens with zero attached hydrogens (tertiary/aromatic N) is 3. The summed E-state index contributed by atoms with van der Waals surface area (Å²) in [6.45, 7) is 4.36. The van der Waals surface area contributed by atoms with E-state index < -0.39 is 16.0 Å². The molecule has 0 fully saturated rings. The van der Waals surface area contributed by atoms with Crippen LogP contribution in [0.1, 0.15) is 41.0 Å². The maximum atomic E-state index is 13.6. The summed E-state index contributed by atoms with van der Waals surface area (Å²) in [5.74, 6) is -0.555. The van der Waals surface area contributed by atoms with Gasteiger partial charge in [0.2, 0.25) is 10.0 Å². The molecule has 0 aliphatic rings. The minimum Gasteiger partial charge on any atom is -0.461 e. The fourth-order valence-corrected chi connectivity index (χ4v) is 4.73. The highest BCUT2D eigenvalue weighted by Crippen LogP contribution is 2.23. The zero-order chi connectivity index (χ0) is 22.4. The van der Waals surface area contributed by atoms with Crippen LogP contribution in [-0.2, 0) is 41.3 Å². The average molecular weight is 442 g/mol. The summed E-state index contributed by atoms with van der Waals surface area (Å²) < 4.78 is 35.0. The van der Waals surface area contributed by atoms with Crippen LogP contribution in [0.5, 0.6) is 0 Å². The van der Waals surface area contributed by atoms with Gasteiger partial charge in [0, 0.05) is 38.7 Å². The van der Waals surface area contributed by atoms with Crippen molar-refractivity contribution >= 4 is 16.0 Å². The Bertz CT molecular complexity index is 1120. The predicted molar refractivity (Wildman–Crippen MR) is 118 cm³/mol. The van der Waals surface area contributed by atoms with Crippen LogP contribution >= 0.6 is 0 Å². The van der Waals surface area contributed by atoms with Gasteiger partial charge in [-0.05, 0) is 42.2 Å². The lowest BCUT2D eigenvalue weighted by Crippen LogP contribution is -2.30. The topological polar surface area (TPSA) is 81.5 Å². The van der Waals surface area contributed by atoms with Gasteiger partial charge >= 0.3 is 5.97 Å². The number of benzene rings is 1. The molecule has 0 N–H and O–H groups in total. The number of hydrogen-bond acceptors (Lipinski definition) is 5. The second-order valence-electron chi connectivity index (χ2n) is 7.20. The smallest absolute Gasteiger partial charge is 0.354 e. The van der Waals surface area contributed by atoms with E-state index in [0.29, 0.717) is 0 Å². The van der Waals surface area contributed by atoms with E-state index in [-0.39, 0.29) is 30.3 Å². The summed E-state index contributed by atoms with van der Waals surface area (Å²) in [6, 6.07) is 12.9. The molecule has 31 heavy (non-hydrogen) atoms. The van der Waals surface area contributed by atoms with Crippen LogP contribution in [0.3, 0.4) is 0 Å². The zero-order valence-electron chi connectivity index (χ0n) is 18.0. The molecular formula is C23H27N3O4S. The Hall–Kier alpha value is -2.97. The minimum atomic E-state index is -3.89. The third-order valence-electron chi connectivity index (χ3n) is 4.97. The molecule has 2 heterocycles. The van der Waals surface area contributed by atoms with Crippen molar-refractivity contribution in [3.05, 3.63) is 83.4 Å². The standard InChI is InChI=1S/C23H27N3O4S/c1-4-18-8-10-19(11-9-18)15-26(16-20-7-6-12-24-14-20)31(28,29)21-13-22(25(3)17-21)23(27)30-5-2/h6-14,17H,4-5,15-16H2,1-3H3. The molecule has 0 unspecified atom stereocenters. The summed E-state index contributed by atoms with van der Waals surface area (Å²) in [6.07, 6.45) is 5.66. The molecule has 0 aliphatic heterocycles. The first-order chi connectivity index (χ1) is 14.8. The van der Waals surface area contributed by atoms with Crippen LogP contribution in [-0.4, -0.2) is 34.9 Å². The van der Waals surface area contributed by atoms with Crippen molar-refractivity contribution in [2.24, 2.45) is 7.05 Å². The number of esters is 1. The molecule has 7 nitrogen and oxygen atoms in total. The highest BCUT2D eigenvalue weighted by Gasteiger charge is 2.28. The van der Waals surface area contributed by atoms with Gasteiger partial charge < -0.3 is 9.30 Å². The maximum absolute atomic E-state index is 13.6. The molecule has 0 amide bonds. The summed E-state index contributed by atoms with van der Waals surface area (Å²) in [4.78, 5) is 16.3. The number of pyridine rings is 1. The normalized spacial score (nSPS) is 11.6. The quantitative estimate of drug-likeness (QED) is 0.474. The van der Waals surface area contributed by atoms with Crippen LogP contribution in [0, 0.1) is 0 Å². The lowest BCUT2D eigenvalue weighted by molar-refractivity contribution is 0.0515. The van der Waals surface area contributed by atoms with Crippen molar-refractivity contribution in [1.29, 1.82) is 0 Å². The zero-order valence-corrected chi connectivity index (χ0v) is 18.8. The van der Waals surface area contributed by atoms with E-state index in [4.69, 9.17) is 4.74 Å². The van der Waals surface area contributed by atoms with Gasteiger partial charge in [-0.15, -0.1) is 0 Å². The van der Waals surface area contributed by atoms with Crippen molar-refractivity contribution < 1.29 is 17.9 Å². The number of carbonyl (C=O) groups excluding carboxylic acids is 1. The van der Waals surface area contributed by atoms with Crippen LogP contribution in [0.25, 0.3) is 0 Å². The van der Waals surface area contributed by atoms with Crippen molar-refractivity contribution in [2.45, 2.75) is 38.3 Å². The predicted octanol–water partition coefficient (Wildman–Crippen LogP) is 3.55. The average Bonchev–Trinajstić information content (AvgIpc) is 3.17. The van der Waals surface area contributed by atoms with Crippen LogP contribution in [0.4, 0.5) is 0 Å². The summed E-state index contributed by atoms with van der Waals surface area (Å²) in [7, 11) is -2.26. The molecular weight excluding hydrogens is 414 g/mol. The molecule has 2 aromatic heterocycles. The number of aromatic nitrogens is 2. The largest absolute Gasteiger partial charge is 0.461 e. The number of rotatable bonds is 9. The van der Waals surface area contributed by atoms with E-state index >= 15 is 0 Å². The van der Waals surface area contributed by atoms with Crippen molar-refractivity contribution in [2.75, 3.05) is 6.61 Å². The lowest BCUT2D eigenvalue weighted by Gasteiger charge is -2.22. The number of hydrogen-bond donors (Lipinski definition) is 0. The first-order valence-corrected chi connectivity index (χ1v) is 11.6. The third-order valence-corrected chi connectivity index (χ3v) is 6.73. The maximum Gasteiger partial charge on any atom is 0.354 e. The van der Waals surface area contributed by atoms with Gasteiger partial charge in [0.05, 0.1) is 6.61 Å². The monoisotopic (exact) mass is 441 g/mol. The molecule has 0 radical (unpaired) electrons. The van der Waals surface area contributed by atoms with Gasteiger partial charge in [0.1, 0.15) is 10.6 Å². The fraction of sp³-hybridized carbons (Fsp3) is 0.304. The fourth-order valence-electron chi connectivity index (χ4n) is 3.24. The molecule has 3 rings (SSSR count). The summed E-state index contributed by atoms with van der Waals surface area (Å²) >= 11 is 0. The second-order valence-corrected chi connectivity index (χ2v) is 9.13. The molecule has 0 bridgehead atoms. The molecule has 0 spiro atoms. The second kappa shape index (κ2) is 9.89. The van der Waals surface area contributed by atoms with Gasteiger partial charge in [-0.3, -0.25) is 4.98 Å². The third kappa shape index (κ3) is 5.39. The van der Waals surface area contributed by atoms with E-state index in [9.17, 15) is 13.2 Å². The van der Waals surface area contributed by atoms with Crippen molar-refractivity contribution in [1.82, 2.24) is 13.9 Å². The number of sulfonamides is 1. The Morgan fingerprint density at radius 1 is 1.06 bits per heavy atom. The molecule has 164 valence electrons. The Morgan fingerprint density at radius 2 is 1.74 bits per heavy atom. The SMILES string of the molecule is CCOC(=O)c1cc(S(=O)(=O)N(Cc2ccc(CC)cc2)Cc2cccnc2)cn1C. The Labute approximate surface area is 183 Å². The molecule has 3 aromatic rings. The molecule has 1 aromatic carbocycles. The van der Waals surface area contributed by atoms with Gasteiger partial charge in [-0.2, -0.15) is 4.31 Å². The highest BCUT2D eigenvalue weighted by atomic mass is 32.2. The summed E-state index contributed by atoms with van der Waals surface area (Å²) in [5, 5.41) is 0. The van der Waals surface area contributed by atoms with Gasteiger partial charge in [-0.25, -0.2) is 13.2 Å². The van der Waals surface area contributed by atoms with E-state index in [1.165, 1.54) is 26.7 Å². The highest BCUT2D eigenvalue weighted by molar-refractivity contribution is 7.89. The summed E-state index contributed by atoms with van der Waals surface area (Å²) in [5.41, 5.74) is 3.03. The minimum absolute atomic E-state index is 0.0483. The Kier molecular flexibility index (Phi) is 7.25. The first kappa shape index (κ1) is 22.7. The Morgan fingerprint density at radius 3 is 2.35 bits per heavy atom. The van der Waals surface area contributed by atoms with Crippen molar-refractivity contribution in [3.63, 3.8) is 0 Å². The van der Waals surface area contributed by atoms with E-state index in [2.05, 4.69) is 11.9 Å². The molecule has 0 saturated carbocycles. The number of ether oxygens (including phenoxy) is 1.